The number of methoxy groups -OCH3 is 3. The van der Waals surface area contributed by atoms with Gasteiger partial charge in [-0.05, 0) is 34.9 Å². The molecule has 0 aliphatic carbocycles. The predicted molar refractivity (Wildman–Crippen MR) is 128 cm³/mol. The molecule has 0 saturated carbocycles. The first-order valence-corrected chi connectivity index (χ1v) is 11.1. The summed E-state index contributed by atoms with van der Waals surface area (Å²) in [5, 5.41) is -0.230. The molecule has 1 atom stereocenters. The van der Waals surface area contributed by atoms with Crippen molar-refractivity contribution >= 4 is 23.7 Å². The van der Waals surface area contributed by atoms with Crippen molar-refractivity contribution in [3.8, 4) is 17.2 Å². The summed E-state index contributed by atoms with van der Waals surface area (Å²) >= 11 is 1.53. The van der Waals surface area contributed by atoms with Crippen molar-refractivity contribution in [3.63, 3.8) is 0 Å². The van der Waals surface area contributed by atoms with E-state index in [0.717, 1.165) is 16.7 Å². The zero-order chi connectivity index (χ0) is 22.5. The number of thioether (sulfide) groups is 1. The highest BCUT2D eigenvalue weighted by Gasteiger charge is 2.38. The quantitative estimate of drug-likeness (QED) is 0.446. The topological polar surface area (TPSA) is 48.0 Å². The van der Waals surface area contributed by atoms with Gasteiger partial charge in [-0.1, -0.05) is 72.4 Å². The van der Waals surface area contributed by atoms with E-state index in [1.165, 1.54) is 11.8 Å². The molecule has 1 amide bonds. The zero-order valence-electron chi connectivity index (χ0n) is 18.3. The molecular formula is C26H25NO4S. The third-order valence-corrected chi connectivity index (χ3v) is 6.55. The van der Waals surface area contributed by atoms with Crippen LogP contribution in [0.4, 0.5) is 0 Å². The SMILES string of the molecule is COc1cc(C2S/C(=C/c3ccccc3)C(=O)N2Cc2ccccc2)cc(OC)c1OC. The van der Waals surface area contributed by atoms with Gasteiger partial charge in [-0.25, -0.2) is 0 Å². The van der Waals surface area contributed by atoms with Crippen LogP contribution < -0.4 is 14.2 Å². The first kappa shape index (κ1) is 21.8. The number of carbonyl (C=O) groups is 1. The van der Waals surface area contributed by atoms with Gasteiger partial charge in [0.2, 0.25) is 5.75 Å². The summed E-state index contributed by atoms with van der Waals surface area (Å²) in [6, 6.07) is 23.7. The van der Waals surface area contributed by atoms with Crippen LogP contribution in [0.15, 0.2) is 77.7 Å². The highest BCUT2D eigenvalue weighted by molar-refractivity contribution is 8.04. The summed E-state index contributed by atoms with van der Waals surface area (Å²) in [4.78, 5) is 16.1. The molecule has 4 rings (SSSR count). The number of hydrogen-bond donors (Lipinski definition) is 0. The molecule has 0 spiro atoms. The fourth-order valence-electron chi connectivity index (χ4n) is 3.71. The molecule has 1 heterocycles. The highest BCUT2D eigenvalue weighted by Crippen LogP contribution is 2.50. The maximum Gasteiger partial charge on any atom is 0.261 e. The Morgan fingerprint density at radius 1 is 0.875 bits per heavy atom. The van der Waals surface area contributed by atoms with Crippen LogP contribution in [0.2, 0.25) is 0 Å². The van der Waals surface area contributed by atoms with Crippen LogP contribution >= 0.6 is 11.8 Å². The van der Waals surface area contributed by atoms with Gasteiger partial charge in [-0.2, -0.15) is 0 Å². The van der Waals surface area contributed by atoms with E-state index in [1.807, 2.05) is 83.8 Å². The minimum absolute atomic E-state index is 0.00135. The van der Waals surface area contributed by atoms with Gasteiger partial charge in [0.1, 0.15) is 5.37 Å². The lowest BCUT2D eigenvalue weighted by atomic mass is 10.1. The first-order chi connectivity index (χ1) is 15.6. The third-order valence-electron chi connectivity index (χ3n) is 5.26. The van der Waals surface area contributed by atoms with Gasteiger partial charge in [0.25, 0.3) is 5.91 Å². The van der Waals surface area contributed by atoms with Gasteiger partial charge < -0.3 is 19.1 Å². The normalized spacial score (nSPS) is 17.0. The van der Waals surface area contributed by atoms with Crippen molar-refractivity contribution < 1.29 is 19.0 Å². The van der Waals surface area contributed by atoms with E-state index < -0.39 is 0 Å². The molecule has 0 bridgehead atoms. The number of ether oxygens (including phenoxy) is 3. The second kappa shape index (κ2) is 9.83. The molecular weight excluding hydrogens is 422 g/mol. The fourth-order valence-corrected chi connectivity index (χ4v) is 4.94. The highest BCUT2D eigenvalue weighted by atomic mass is 32.2. The van der Waals surface area contributed by atoms with Crippen LogP contribution in [0.1, 0.15) is 22.1 Å². The lowest BCUT2D eigenvalue weighted by Gasteiger charge is -2.25. The van der Waals surface area contributed by atoms with E-state index in [-0.39, 0.29) is 11.3 Å². The van der Waals surface area contributed by atoms with Crippen molar-refractivity contribution in [1.82, 2.24) is 4.90 Å². The van der Waals surface area contributed by atoms with Gasteiger partial charge in [-0.15, -0.1) is 0 Å². The van der Waals surface area contributed by atoms with Crippen LogP contribution in [-0.4, -0.2) is 32.1 Å². The molecule has 1 saturated heterocycles. The Morgan fingerprint density at radius 3 is 2.03 bits per heavy atom. The molecule has 1 aliphatic heterocycles. The van der Waals surface area contributed by atoms with Gasteiger partial charge in [0.15, 0.2) is 11.5 Å². The molecule has 0 radical (unpaired) electrons. The molecule has 1 aliphatic rings. The van der Waals surface area contributed by atoms with Crippen LogP contribution in [0.5, 0.6) is 17.2 Å². The number of carbonyl (C=O) groups excluding carboxylic acids is 1. The Balaban J connectivity index is 1.77. The summed E-state index contributed by atoms with van der Waals surface area (Å²) in [7, 11) is 4.77. The average Bonchev–Trinajstić information content (AvgIpc) is 3.14. The summed E-state index contributed by atoms with van der Waals surface area (Å²) in [5.41, 5.74) is 2.97. The van der Waals surface area contributed by atoms with Gasteiger partial charge in [0.05, 0.1) is 26.2 Å². The molecule has 3 aromatic rings. The minimum atomic E-state index is -0.230. The number of nitrogens with zero attached hydrogens (tertiary/aromatic N) is 1. The van der Waals surface area contributed by atoms with Crippen LogP contribution in [0, 0.1) is 0 Å². The Morgan fingerprint density at radius 2 is 1.47 bits per heavy atom. The molecule has 1 unspecified atom stereocenters. The van der Waals surface area contributed by atoms with Crippen molar-refractivity contribution in [3.05, 3.63) is 94.4 Å². The average molecular weight is 448 g/mol. The minimum Gasteiger partial charge on any atom is -0.493 e. The van der Waals surface area contributed by atoms with Crippen molar-refractivity contribution in [2.24, 2.45) is 0 Å². The molecule has 1 fully saturated rings. The van der Waals surface area contributed by atoms with E-state index in [0.29, 0.717) is 28.7 Å². The van der Waals surface area contributed by atoms with E-state index in [1.54, 1.807) is 21.3 Å². The molecule has 3 aromatic carbocycles. The number of rotatable bonds is 7. The zero-order valence-corrected chi connectivity index (χ0v) is 19.1. The lowest BCUT2D eigenvalue weighted by molar-refractivity contribution is -0.126. The second-order valence-corrected chi connectivity index (χ2v) is 8.39. The molecule has 0 aromatic heterocycles. The monoisotopic (exact) mass is 447 g/mol. The van der Waals surface area contributed by atoms with E-state index in [9.17, 15) is 4.79 Å². The van der Waals surface area contributed by atoms with Crippen LogP contribution in [0.3, 0.4) is 0 Å². The molecule has 0 N–H and O–H groups in total. The maximum atomic E-state index is 13.5. The Labute approximate surface area is 192 Å². The van der Waals surface area contributed by atoms with E-state index in [2.05, 4.69) is 0 Å². The Bertz CT molecular complexity index is 1090. The van der Waals surface area contributed by atoms with Gasteiger partial charge in [-0.3, -0.25) is 4.79 Å². The van der Waals surface area contributed by atoms with Gasteiger partial charge in [0, 0.05) is 6.54 Å². The van der Waals surface area contributed by atoms with Crippen molar-refractivity contribution in [2.75, 3.05) is 21.3 Å². The lowest BCUT2D eigenvalue weighted by Crippen LogP contribution is -2.27. The van der Waals surface area contributed by atoms with Crippen molar-refractivity contribution in [2.45, 2.75) is 11.9 Å². The number of amides is 1. The number of hydrogen-bond acceptors (Lipinski definition) is 5. The van der Waals surface area contributed by atoms with Crippen LogP contribution in [-0.2, 0) is 11.3 Å². The summed E-state index contributed by atoms with van der Waals surface area (Å²) in [6.45, 7) is 0.500. The predicted octanol–water partition coefficient (Wildman–Crippen LogP) is 5.53. The standard InChI is InChI=1S/C26H25NO4S/c1-29-21-15-20(16-22(30-2)24(21)31-3)26-27(17-19-12-8-5-9-13-19)25(28)23(32-26)14-18-10-6-4-7-11-18/h4-16,26H,17H2,1-3H3/b23-14+. The first-order valence-electron chi connectivity index (χ1n) is 10.2. The van der Waals surface area contributed by atoms with E-state index >= 15 is 0 Å². The Kier molecular flexibility index (Phi) is 6.71. The summed E-state index contributed by atoms with van der Waals surface area (Å²) < 4.78 is 16.6. The molecule has 5 nitrogen and oxygen atoms in total. The van der Waals surface area contributed by atoms with Crippen molar-refractivity contribution in [1.29, 1.82) is 0 Å². The molecule has 164 valence electrons. The number of benzene rings is 3. The largest absolute Gasteiger partial charge is 0.493 e. The molecule has 6 heteroatoms. The summed E-state index contributed by atoms with van der Waals surface area (Å²) in [5.74, 6) is 1.66. The van der Waals surface area contributed by atoms with Gasteiger partial charge >= 0.3 is 0 Å². The Hall–Kier alpha value is -3.38. The van der Waals surface area contributed by atoms with E-state index in [4.69, 9.17) is 14.2 Å². The summed E-state index contributed by atoms with van der Waals surface area (Å²) in [6.07, 6.45) is 1.95. The second-order valence-electron chi connectivity index (χ2n) is 7.27. The third kappa shape index (κ3) is 4.46. The smallest absolute Gasteiger partial charge is 0.261 e. The van der Waals surface area contributed by atoms with Crippen LogP contribution in [0.25, 0.3) is 6.08 Å². The maximum absolute atomic E-state index is 13.5. The molecule has 32 heavy (non-hydrogen) atoms. The fraction of sp³-hybridized carbons (Fsp3) is 0.192.